The van der Waals surface area contributed by atoms with Crippen LogP contribution in [0.3, 0.4) is 0 Å². The molecule has 2 N–H and O–H groups in total. The Balaban J connectivity index is 0.00000110. The van der Waals surface area contributed by atoms with Crippen molar-refractivity contribution in [2.45, 2.75) is 19.6 Å². The normalized spacial score (nSPS) is 12.0. The van der Waals surface area contributed by atoms with Crippen LogP contribution in [0.25, 0.3) is 0 Å². The number of imidazole rings is 1. The smallest absolute Gasteiger partial charge is 0.251 e. The molecular weight excluding hydrogens is 311 g/mol. The number of nitrogens with zero attached hydrogens (tertiary/aromatic N) is 2. The van der Waals surface area contributed by atoms with E-state index in [1.807, 2.05) is 29.0 Å². The van der Waals surface area contributed by atoms with E-state index in [1.165, 1.54) is 11.1 Å². The lowest BCUT2D eigenvalue weighted by atomic mass is 10.1. The maximum atomic E-state index is 12.0. The van der Waals surface area contributed by atoms with Crippen LogP contribution < -0.4 is 10.6 Å². The minimum absolute atomic E-state index is 0. The zero-order valence-electron chi connectivity index (χ0n) is 11.4. The summed E-state index contributed by atoms with van der Waals surface area (Å²) in [5.41, 5.74) is 3.24. The van der Waals surface area contributed by atoms with Gasteiger partial charge < -0.3 is 15.2 Å². The molecule has 0 aliphatic carbocycles. The van der Waals surface area contributed by atoms with Gasteiger partial charge in [0.1, 0.15) is 0 Å². The molecule has 1 aromatic carbocycles. The Kier molecular flexibility index (Phi) is 6.68. The highest BCUT2D eigenvalue weighted by Crippen LogP contribution is 2.16. The van der Waals surface area contributed by atoms with Gasteiger partial charge in [-0.25, -0.2) is 4.98 Å². The third kappa shape index (κ3) is 4.20. The van der Waals surface area contributed by atoms with Crippen LogP contribution in [0, 0.1) is 0 Å². The molecule has 0 saturated heterocycles. The van der Waals surface area contributed by atoms with Crippen molar-refractivity contribution in [1.29, 1.82) is 0 Å². The van der Waals surface area contributed by atoms with Gasteiger partial charge in [-0.2, -0.15) is 0 Å². The highest BCUT2D eigenvalue weighted by Gasteiger charge is 2.12. The first-order valence-electron chi connectivity index (χ1n) is 6.39. The molecule has 0 fully saturated rings. The maximum absolute atomic E-state index is 12.0. The van der Waals surface area contributed by atoms with Gasteiger partial charge in [0, 0.05) is 44.1 Å². The van der Waals surface area contributed by atoms with Gasteiger partial charge in [-0.1, -0.05) is 6.07 Å². The van der Waals surface area contributed by atoms with Crippen molar-refractivity contribution in [2.24, 2.45) is 0 Å². The first-order chi connectivity index (χ1) is 9.33. The second kappa shape index (κ2) is 8.02. The SMILES string of the molecule is Cl.Cl.O=C(NCCn1ccnc1)c1ccc2c(c1)CNC2. The van der Waals surface area contributed by atoms with E-state index in [4.69, 9.17) is 0 Å². The van der Waals surface area contributed by atoms with Crippen LogP contribution in [0.5, 0.6) is 0 Å². The third-order valence-electron chi connectivity index (χ3n) is 3.31. The summed E-state index contributed by atoms with van der Waals surface area (Å²) in [4.78, 5) is 16.0. The zero-order valence-corrected chi connectivity index (χ0v) is 13.0. The number of fused-ring (bicyclic) bond motifs is 1. The molecule has 7 heteroatoms. The van der Waals surface area contributed by atoms with Gasteiger partial charge in [-0.15, -0.1) is 24.8 Å². The van der Waals surface area contributed by atoms with Crippen molar-refractivity contribution in [3.05, 3.63) is 53.6 Å². The van der Waals surface area contributed by atoms with Crippen LogP contribution in [0.15, 0.2) is 36.9 Å². The monoisotopic (exact) mass is 328 g/mol. The number of carbonyl (C=O) groups excluding carboxylic acids is 1. The summed E-state index contributed by atoms with van der Waals surface area (Å²) in [5.74, 6) is -0.0187. The predicted molar refractivity (Wildman–Crippen MR) is 86.0 cm³/mol. The molecule has 21 heavy (non-hydrogen) atoms. The molecule has 3 rings (SSSR count). The van der Waals surface area contributed by atoms with Crippen LogP contribution in [-0.2, 0) is 19.6 Å². The van der Waals surface area contributed by atoms with Gasteiger partial charge in [-0.05, 0) is 23.3 Å². The molecule has 5 nitrogen and oxygen atoms in total. The summed E-state index contributed by atoms with van der Waals surface area (Å²) in [6.07, 6.45) is 5.36. The van der Waals surface area contributed by atoms with E-state index in [9.17, 15) is 4.79 Å². The quantitative estimate of drug-likeness (QED) is 0.899. The van der Waals surface area contributed by atoms with E-state index in [0.717, 1.165) is 25.2 Å². The largest absolute Gasteiger partial charge is 0.350 e. The van der Waals surface area contributed by atoms with Crippen LogP contribution in [0.2, 0.25) is 0 Å². The molecule has 2 heterocycles. The molecule has 0 unspecified atom stereocenters. The zero-order chi connectivity index (χ0) is 13.1. The first-order valence-corrected chi connectivity index (χ1v) is 6.39. The molecule has 2 aromatic rings. The summed E-state index contributed by atoms with van der Waals surface area (Å²) in [7, 11) is 0. The number of carbonyl (C=O) groups is 1. The van der Waals surface area contributed by atoms with Gasteiger partial charge in [0.25, 0.3) is 5.91 Å². The number of hydrogen-bond acceptors (Lipinski definition) is 3. The lowest BCUT2D eigenvalue weighted by Crippen LogP contribution is -2.27. The number of rotatable bonds is 4. The Bertz CT molecular complexity index is 587. The number of nitrogens with one attached hydrogen (secondary N) is 2. The van der Waals surface area contributed by atoms with E-state index >= 15 is 0 Å². The Morgan fingerprint density at radius 2 is 2.10 bits per heavy atom. The molecule has 0 atom stereocenters. The van der Waals surface area contributed by atoms with Crippen LogP contribution in [-0.4, -0.2) is 22.0 Å². The molecule has 1 amide bonds. The summed E-state index contributed by atoms with van der Waals surface area (Å²) in [6, 6.07) is 5.89. The molecule has 0 radical (unpaired) electrons. The minimum atomic E-state index is -0.0187. The summed E-state index contributed by atoms with van der Waals surface area (Å²) < 4.78 is 1.94. The number of hydrogen-bond donors (Lipinski definition) is 2. The van der Waals surface area contributed by atoms with E-state index < -0.39 is 0 Å². The average Bonchev–Trinajstić information content (AvgIpc) is 3.08. The molecule has 0 spiro atoms. The van der Waals surface area contributed by atoms with Gasteiger partial charge in [0.2, 0.25) is 0 Å². The third-order valence-corrected chi connectivity index (χ3v) is 3.31. The fourth-order valence-electron chi connectivity index (χ4n) is 2.26. The molecule has 1 aliphatic rings. The highest BCUT2D eigenvalue weighted by molar-refractivity contribution is 5.94. The van der Waals surface area contributed by atoms with Crippen LogP contribution in [0.4, 0.5) is 0 Å². The summed E-state index contributed by atoms with van der Waals surface area (Å²) >= 11 is 0. The maximum Gasteiger partial charge on any atom is 0.251 e. The van der Waals surface area contributed by atoms with Gasteiger partial charge in [-0.3, -0.25) is 4.79 Å². The number of amides is 1. The summed E-state index contributed by atoms with van der Waals surface area (Å²) in [6.45, 7) is 3.09. The molecular formula is C14H18Cl2N4O. The Morgan fingerprint density at radius 3 is 2.86 bits per heavy atom. The van der Waals surface area contributed by atoms with Gasteiger partial charge >= 0.3 is 0 Å². The highest BCUT2D eigenvalue weighted by atomic mass is 35.5. The van der Waals surface area contributed by atoms with E-state index in [-0.39, 0.29) is 30.7 Å². The van der Waals surface area contributed by atoms with Crippen molar-refractivity contribution in [3.8, 4) is 0 Å². The molecule has 114 valence electrons. The molecule has 0 saturated carbocycles. The number of benzene rings is 1. The number of halogens is 2. The second-order valence-corrected chi connectivity index (χ2v) is 4.64. The Labute approximate surface area is 136 Å². The lowest BCUT2D eigenvalue weighted by Gasteiger charge is -2.07. The van der Waals surface area contributed by atoms with Gasteiger partial charge in [0.15, 0.2) is 0 Å². The summed E-state index contributed by atoms with van der Waals surface area (Å²) in [5, 5.41) is 6.19. The van der Waals surface area contributed by atoms with E-state index in [2.05, 4.69) is 15.6 Å². The average molecular weight is 329 g/mol. The van der Waals surface area contributed by atoms with Crippen molar-refractivity contribution in [3.63, 3.8) is 0 Å². The second-order valence-electron chi connectivity index (χ2n) is 4.64. The van der Waals surface area contributed by atoms with Crippen LogP contribution in [0.1, 0.15) is 21.5 Å². The van der Waals surface area contributed by atoms with E-state index in [0.29, 0.717) is 6.54 Å². The molecule has 1 aromatic heterocycles. The van der Waals surface area contributed by atoms with Crippen molar-refractivity contribution >= 4 is 30.7 Å². The Morgan fingerprint density at radius 1 is 1.29 bits per heavy atom. The van der Waals surface area contributed by atoms with E-state index in [1.54, 1.807) is 12.5 Å². The fourth-order valence-corrected chi connectivity index (χ4v) is 2.26. The fraction of sp³-hybridized carbons (Fsp3) is 0.286. The molecule has 1 aliphatic heterocycles. The standard InChI is InChI=1S/C14H16N4O.2ClH/c19-14(17-4-6-18-5-3-15-10-18)11-1-2-12-8-16-9-13(12)7-11;;/h1-3,5,7,10,16H,4,6,8-9H2,(H,17,19);2*1H. The van der Waals surface area contributed by atoms with Gasteiger partial charge in [0.05, 0.1) is 6.33 Å². The topological polar surface area (TPSA) is 59.0 Å². The van der Waals surface area contributed by atoms with Crippen molar-refractivity contribution in [2.75, 3.05) is 6.54 Å². The lowest BCUT2D eigenvalue weighted by molar-refractivity contribution is 0.0952. The minimum Gasteiger partial charge on any atom is -0.350 e. The predicted octanol–water partition coefficient (Wildman–Crippen LogP) is 1.76. The Hall–Kier alpha value is -1.56. The molecule has 0 bridgehead atoms. The van der Waals surface area contributed by atoms with Crippen LogP contribution >= 0.6 is 24.8 Å². The number of aromatic nitrogens is 2. The first kappa shape index (κ1) is 17.5. The van der Waals surface area contributed by atoms with Crippen molar-refractivity contribution in [1.82, 2.24) is 20.2 Å². The van der Waals surface area contributed by atoms with Crippen molar-refractivity contribution < 1.29 is 4.79 Å².